The maximum atomic E-state index is 12.1. The molecule has 1 aromatic rings. The molecule has 0 aliphatic carbocycles. The molecule has 3 nitrogen and oxygen atoms in total. The maximum Gasteiger partial charge on any atom is 0.233 e. The van der Waals surface area contributed by atoms with Crippen LogP contribution in [0.2, 0.25) is 5.02 Å². The summed E-state index contributed by atoms with van der Waals surface area (Å²) in [5.41, 5.74) is 0. The Bertz CT molecular complexity index is 427. The molecule has 0 radical (unpaired) electrons. The van der Waals surface area contributed by atoms with Gasteiger partial charge in [0.2, 0.25) is 5.91 Å². The number of hydrogen-bond acceptors (Lipinski definition) is 3. The Balaban J connectivity index is 1.86. The van der Waals surface area contributed by atoms with Crippen molar-refractivity contribution in [3.05, 3.63) is 29.3 Å². The van der Waals surface area contributed by atoms with Gasteiger partial charge in [0.1, 0.15) is 0 Å². The molecule has 5 heteroatoms. The Morgan fingerprint density at radius 2 is 2.33 bits per heavy atom. The number of thioether (sulfide) groups is 1. The predicted octanol–water partition coefficient (Wildman–Crippen LogP) is 2.25. The van der Waals surface area contributed by atoms with Gasteiger partial charge in [-0.3, -0.25) is 4.79 Å². The summed E-state index contributed by atoms with van der Waals surface area (Å²) in [4.78, 5) is 15.0. The molecule has 1 N–H and O–H groups in total. The lowest BCUT2D eigenvalue weighted by atomic mass is 10.2. The number of carbonyl (C=O) groups excluding carboxylic acids is 1. The van der Waals surface area contributed by atoms with Gasteiger partial charge in [-0.1, -0.05) is 23.7 Å². The summed E-state index contributed by atoms with van der Waals surface area (Å²) in [5, 5.41) is 4.04. The van der Waals surface area contributed by atoms with E-state index in [9.17, 15) is 4.79 Å². The van der Waals surface area contributed by atoms with Crippen molar-refractivity contribution in [2.45, 2.75) is 17.9 Å². The highest BCUT2D eigenvalue weighted by molar-refractivity contribution is 8.00. The fourth-order valence-electron chi connectivity index (χ4n) is 1.95. The van der Waals surface area contributed by atoms with Crippen LogP contribution in [0.5, 0.6) is 0 Å². The van der Waals surface area contributed by atoms with Crippen LogP contribution in [0.1, 0.15) is 6.92 Å². The highest BCUT2D eigenvalue weighted by Crippen LogP contribution is 2.26. The second kappa shape index (κ2) is 6.45. The molecule has 1 saturated heterocycles. The first kappa shape index (κ1) is 13.7. The van der Waals surface area contributed by atoms with Crippen LogP contribution in [0, 0.1) is 0 Å². The maximum absolute atomic E-state index is 12.1. The molecule has 1 fully saturated rings. The molecule has 1 amide bonds. The van der Waals surface area contributed by atoms with Crippen molar-refractivity contribution in [1.82, 2.24) is 10.2 Å². The van der Waals surface area contributed by atoms with E-state index >= 15 is 0 Å². The number of hydrogen-bond donors (Lipinski definition) is 1. The summed E-state index contributed by atoms with van der Waals surface area (Å²) >= 11 is 7.57. The summed E-state index contributed by atoms with van der Waals surface area (Å²) in [5.74, 6) is 0.643. The molecule has 18 heavy (non-hydrogen) atoms. The van der Waals surface area contributed by atoms with E-state index in [4.69, 9.17) is 11.6 Å². The molecule has 1 aliphatic rings. The highest BCUT2D eigenvalue weighted by atomic mass is 35.5. The number of nitrogens with zero attached hydrogens (tertiary/aromatic N) is 1. The molecular formula is C13H17ClN2OS. The van der Waals surface area contributed by atoms with Gasteiger partial charge in [0, 0.05) is 30.6 Å². The van der Waals surface area contributed by atoms with Gasteiger partial charge in [0.15, 0.2) is 0 Å². The highest BCUT2D eigenvalue weighted by Gasteiger charge is 2.20. The normalized spacial score (nSPS) is 19.9. The molecule has 1 aromatic carbocycles. The third-order valence-electron chi connectivity index (χ3n) is 2.91. The first-order valence-electron chi connectivity index (χ1n) is 6.05. The molecule has 0 aromatic heterocycles. The molecule has 98 valence electrons. The summed E-state index contributed by atoms with van der Waals surface area (Å²) in [6.07, 6.45) is 0. The van der Waals surface area contributed by atoms with Crippen LogP contribution in [-0.2, 0) is 4.79 Å². The van der Waals surface area contributed by atoms with Crippen LogP contribution in [-0.4, -0.2) is 42.2 Å². The van der Waals surface area contributed by atoms with Crippen LogP contribution in [0.3, 0.4) is 0 Å². The van der Waals surface area contributed by atoms with Crippen LogP contribution in [0.4, 0.5) is 0 Å². The van der Waals surface area contributed by atoms with Crippen LogP contribution >= 0.6 is 23.4 Å². The molecular weight excluding hydrogens is 268 g/mol. The van der Waals surface area contributed by atoms with E-state index in [0.29, 0.717) is 16.8 Å². The van der Waals surface area contributed by atoms with E-state index in [1.165, 1.54) is 11.8 Å². The third-order valence-corrected chi connectivity index (χ3v) is 4.41. The van der Waals surface area contributed by atoms with Crippen molar-refractivity contribution >= 4 is 29.3 Å². The van der Waals surface area contributed by atoms with Gasteiger partial charge in [0.25, 0.3) is 0 Å². The van der Waals surface area contributed by atoms with Crippen LogP contribution in [0.15, 0.2) is 29.2 Å². The molecule has 1 aliphatic heterocycles. The van der Waals surface area contributed by atoms with E-state index < -0.39 is 0 Å². The number of halogens is 1. The Hall–Kier alpha value is -0.710. The smallest absolute Gasteiger partial charge is 0.233 e. The molecule has 0 spiro atoms. The molecule has 1 atom stereocenters. The van der Waals surface area contributed by atoms with E-state index in [-0.39, 0.29) is 5.91 Å². The standard InChI is InChI=1S/C13H17ClN2OS/c1-10-8-16(7-6-15-10)13(17)9-18-12-5-3-2-4-11(12)14/h2-5,10,15H,6-9H2,1H3. The lowest BCUT2D eigenvalue weighted by Gasteiger charge is -2.31. The summed E-state index contributed by atoms with van der Waals surface area (Å²) in [6, 6.07) is 8.01. The largest absolute Gasteiger partial charge is 0.339 e. The van der Waals surface area contributed by atoms with Gasteiger partial charge in [-0.05, 0) is 19.1 Å². The monoisotopic (exact) mass is 284 g/mol. The van der Waals surface area contributed by atoms with Crippen molar-refractivity contribution in [2.75, 3.05) is 25.4 Å². The van der Waals surface area contributed by atoms with Crippen molar-refractivity contribution in [3.8, 4) is 0 Å². The van der Waals surface area contributed by atoms with Crippen molar-refractivity contribution < 1.29 is 4.79 Å². The number of amides is 1. The van der Waals surface area contributed by atoms with Gasteiger partial charge in [0.05, 0.1) is 10.8 Å². The Morgan fingerprint density at radius 1 is 1.56 bits per heavy atom. The zero-order chi connectivity index (χ0) is 13.0. The SMILES string of the molecule is CC1CN(C(=O)CSc2ccccc2Cl)CCN1. The lowest BCUT2D eigenvalue weighted by Crippen LogP contribution is -2.51. The number of piperazine rings is 1. The van der Waals surface area contributed by atoms with E-state index in [1.807, 2.05) is 29.2 Å². The van der Waals surface area contributed by atoms with Crippen molar-refractivity contribution in [2.24, 2.45) is 0 Å². The number of rotatable bonds is 3. The Morgan fingerprint density at radius 3 is 3.06 bits per heavy atom. The third kappa shape index (κ3) is 3.64. The van der Waals surface area contributed by atoms with E-state index in [2.05, 4.69) is 12.2 Å². The summed E-state index contributed by atoms with van der Waals surface area (Å²) < 4.78 is 0. The number of benzene rings is 1. The second-order valence-corrected chi connectivity index (χ2v) is 5.84. The minimum absolute atomic E-state index is 0.188. The fourth-order valence-corrected chi connectivity index (χ4v) is 3.09. The molecule has 1 heterocycles. The Kier molecular flexibility index (Phi) is 4.92. The lowest BCUT2D eigenvalue weighted by molar-refractivity contribution is -0.129. The molecule has 0 bridgehead atoms. The first-order chi connectivity index (χ1) is 8.66. The van der Waals surface area contributed by atoms with Crippen molar-refractivity contribution in [3.63, 3.8) is 0 Å². The van der Waals surface area contributed by atoms with Crippen LogP contribution in [0.25, 0.3) is 0 Å². The zero-order valence-corrected chi connectivity index (χ0v) is 11.9. The quantitative estimate of drug-likeness (QED) is 0.864. The minimum atomic E-state index is 0.188. The van der Waals surface area contributed by atoms with Gasteiger partial charge in [-0.25, -0.2) is 0 Å². The first-order valence-corrected chi connectivity index (χ1v) is 7.41. The Labute approximate surface area is 117 Å². The van der Waals surface area contributed by atoms with Crippen LogP contribution < -0.4 is 5.32 Å². The van der Waals surface area contributed by atoms with Gasteiger partial charge < -0.3 is 10.2 Å². The summed E-state index contributed by atoms with van der Waals surface area (Å²) in [7, 11) is 0. The van der Waals surface area contributed by atoms with Gasteiger partial charge in [-0.15, -0.1) is 11.8 Å². The zero-order valence-electron chi connectivity index (χ0n) is 10.4. The van der Waals surface area contributed by atoms with E-state index in [1.54, 1.807) is 0 Å². The second-order valence-electron chi connectivity index (χ2n) is 4.41. The molecule has 1 unspecified atom stereocenters. The van der Waals surface area contributed by atoms with Gasteiger partial charge in [-0.2, -0.15) is 0 Å². The summed E-state index contributed by atoms with van der Waals surface area (Å²) in [6.45, 7) is 4.57. The topological polar surface area (TPSA) is 32.3 Å². The molecule has 0 saturated carbocycles. The van der Waals surface area contributed by atoms with Crippen molar-refractivity contribution in [1.29, 1.82) is 0 Å². The van der Waals surface area contributed by atoms with Gasteiger partial charge >= 0.3 is 0 Å². The van der Waals surface area contributed by atoms with E-state index in [0.717, 1.165) is 24.5 Å². The fraction of sp³-hybridized carbons (Fsp3) is 0.462. The minimum Gasteiger partial charge on any atom is -0.339 e. The molecule has 2 rings (SSSR count). The average Bonchev–Trinajstić information content (AvgIpc) is 2.37. The number of nitrogens with one attached hydrogen (secondary N) is 1. The average molecular weight is 285 g/mol. The predicted molar refractivity (Wildman–Crippen MR) is 76.2 cm³/mol. The number of carbonyl (C=O) groups is 1.